The van der Waals surface area contributed by atoms with Crippen LogP contribution in [0.5, 0.6) is 0 Å². The number of halogens is 1. The number of hydrogen-bond donors (Lipinski definition) is 2. The first-order valence-corrected chi connectivity index (χ1v) is 5.95. The summed E-state index contributed by atoms with van der Waals surface area (Å²) in [5, 5.41) is 3.86. The number of nitrogens with zero attached hydrogens (tertiary/aromatic N) is 1. The van der Waals surface area contributed by atoms with Crippen molar-refractivity contribution >= 4 is 38.0 Å². The Hall–Kier alpha value is 0.0200. The van der Waals surface area contributed by atoms with Gasteiger partial charge in [0.05, 0.1) is 0 Å². The summed E-state index contributed by atoms with van der Waals surface area (Å²) in [6.45, 7) is 0.987. The van der Waals surface area contributed by atoms with Crippen molar-refractivity contribution in [1.82, 2.24) is 4.98 Å². The van der Waals surface area contributed by atoms with E-state index in [9.17, 15) is 0 Å². The average Bonchev–Trinajstić information content (AvgIpc) is 2.57. The smallest absolute Gasteiger partial charge is 0.134 e. The van der Waals surface area contributed by atoms with Crippen molar-refractivity contribution in [1.29, 1.82) is 0 Å². The standard InChI is InChI=1S/C7H7ClN2.H3PS/c8-7-5-1-3-9-6(5)2-4-10-7;1-2/h2,4,9H,1,3H2;2H,1H2. The van der Waals surface area contributed by atoms with Crippen molar-refractivity contribution in [3.8, 4) is 0 Å². The van der Waals surface area contributed by atoms with E-state index in [1.165, 1.54) is 0 Å². The molecule has 2 rings (SSSR count). The van der Waals surface area contributed by atoms with Gasteiger partial charge in [-0.15, -0.1) is 0 Å². The lowest BCUT2D eigenvalue weighted by molar-refractivity contribution is 1.09. The normalized spacial score (nSPS) is 12.6. The van der Waals surface area contributed by atoms with Crippen LogP contribution in [0.25, 0.3) is 0 Å². The van der Waals surface area contributed by atoms with Crippen LogP contribution in [0.1, 0.15) is 5.56 Å². The molecule has 0 bridgehead atoms. The second-order valence-electron chi connectivity index (χ2n) is 2.30. The predicted molar refractivity (Wildman–Crippen MR) is 60.1 cm³/mol. The molecule has 0 fully saturated rings. The van der Waals surface area contributed by atoms with E-state index in [2.05, 4.69) is 31.0 Å². The van der Waals surface area contributed by atoms with E-state index >= 15 is 0 Å². The summed E-state index contributed by atoms with van der Waals surface area (Å²) in [5.41, 5.74) is 2.30. The molecular formula is C7H10ClN2PS. The number of thiol groups is 1. The minimum atomic E-state index is 0.641. The van der Waals surface area contributed by atoms with Gasteiger partial charge in [0, 0.05) is 24.0 Å². The number of anilines is 1. The number of aromatic nitrogens is 1. The number of nitrogens with one attached hydrogen (secondary N) is 1. The third-order valence-corrected chi connectivity index (χ3v) is 2.02. The molecule has 0 saturated carbocycles. The average molecular weight is 221 g/mol. The van der Waals surface area contributed by atoms with E-state index in [1.807, 2.05) is 6.07 Å². The number of fused-ring (bicyclic) bond motifs is 1. The van der Waals surface area contributed by atoms with Crippen molar-refractivity contribution < 1.29 is 0 Å². The highest BCUT2D eigenvalue weighted by molar-refractivity contribution is 8.31. The van der Waals surface area contributed by atoms with Gasteiger partial charge in [0.15, 0.2) is 0 Å². The Morgan fingerprint density at radius 2 is 2.33 bits per heavy atom. The molecule has 1 aromatic heterocycles. The second-order valence-corrected chi connectivity index (χ2v) is 2.66. The summed E-state index contributed by atoms with van der Waals surface area (Å²) in [4.78, 5) is 3.98. The first kappa shape index (κ1) is 10.1. The number of pyridine rings is 1. The summed E-state index contributed by atoms with van der Waals surface area (Å²) in [7, 11) is 2.11. The molecule has 1 unspecified atom stereocenters. The monoisotopic (exact) mass is 220 g/mol. The molecule has 0 spiro atoms. The molecule has 0 aliphatic carbocycles. The van der Waals surface area contributed by atoms with Crippen LogP contribution in [-0.4, -0.2) is 11.5 Å². The lowest BCUT2D eigenvalue weighted by Crippen LogP contribution is -1.90. The van der Waals surface area contributed by atoms with Gasteiger partial charge in [0.1, 0.15) is 5.15 Å². The van der Waals surface area contributed by atoms with Gasteiger partial charge < -0.3 is 5.32 Å². The molecule has 2 heterocycles. The maximum Gasteiger partial charge on any atom is 0.134 e. The largest absolute Gasteiger partial charge is 0.384 e. The van der Waals surface area contributed by atoms with Gasteiger partial charge in [-0.05, 0) is 12.5 Å². The van der Waals surface area contributed by atoms with Gasteiger partial charge >= 0.3 is 0 Å². The zero-order chi connectivity index (χ0) is 8.97. The molecule has 1 aromatic rings. The van der Waals surface area contributed by atoms with Crippen LogP contribution in [-0.2, 0) is 6.42 Å². The van der Waals surface area contributed by atoms with E-state index in [4.69, 9.17) is 11.6 Å². The zero-order valence-electron chi connectivity index (χ0n) is 6.42. The van der Waals surface area contributed by atoms with Crippen molar-refractivity contribution in [2.75, 3.05) is 11.9 Å². The van der Waals surface area contributed by atoms with Crippen molar-refractivity contribution in [3.05, 3.63) is 23.0 Å². The van der Waals surface area contributed by atoms with Crippen molar-refractivity contribution in [2.24, 2.45) is 0 Å². The molecular weight excluding hydrogens is 211 g/mol. The summed E-state index contributed by atoms with van der Waals surface area (Å²) in [5.74, 6) is 0. The summed E-state index contributed by atoms with van der Waals surface area (Å²) >= 11 is 9.26. The first-order valence-electron chi connectivity index (χ1n) is 3.51. The van der Waals surface area contributed by atoms with Crippen LogP contribution in [0.3, 0.4) is 0 Å². The highest BCUT2D eigenvalue weighted by atomic mass is 35.5. The van der Waals surface area contributed by atoms with E-state index in [0.29, 0.717) is 5.15 Å². The van der Waals surface area contributed by atoms with Gasteiger partial charge in [-0.25, -0.2) is 4.98 Å². The van der Waals surface area contributed by atoms with E-state index in [-0.39, 0.29) is 0 Å². The van der Waals surface area contributed by atoms with E-state index in [1.54, 1.807) is 6.20 Å². The molecule has 5 heteroatoms. The Bertz CT molecular complexity index is 270. The Morgan fingerprint density at radius 1 is 1.58 bits per heavy atom. The van der Waals surface area contributed by atoms with Crippen LogP contribution in [0.15, 0.2) is 12.3 Å². The lowest BCUT2D eigenvalue weighted by atomic mass is 10.2. The molecule has 0 amide bonds. The minimum Gasteiger partial charge on any atom is -0.384 e. The fraction of sp³-hybridized carbons (Fsp3) is 0.286. The third-order valence-electron chi connectivity index (χ3n) is 1.69. The second kappa shape index (κ2) is 4.90. The fourth-order valence-electron chi connectivity index (χ4n) is 1.19. The summed E-state index contributed by atoms with van der Waals surface area (Å²) in [6.07, 6.45) is 2.72. The first-order chi connectivity index (χ1) is 5.88. The van der Waals surface area contributed by atoms with Gasteiger partial charge in [-0.1, -0.05) is 20.0 Å². The molecule has 1 aliphatic heterocycles. The van der Waals surface area contributed by atoms with Gasteiger partial charge in [0.25, 0.3) is 0 Å². The number of rotatable bonds is 0. The van der Waals surface area contributed by atoms with Gasteiger partial charge in [-0.2, -0.15) is 12.2 Å². The van der Waals surface area contributed by atoms with Crippen molar-refractivity contribution in [3.63, 3.8) is 0 Å². The van der Waals surface area contributed by atoms with Crippen LogP contribution < -0.4 is 5.32 Å². The fourth-order valence-corrected chi connectivity index (χ4v) is 1.45. The minimum absolute atomic E-state index is 0.641. The van der Waals surface area contributed by atoms with Crippen LogP contribution in [0.2, 0.25) is 5.15 Å². The van der Waals surface area contributed by atoms with Gasteiger partial charge in [-0.3, -0.25) is 0 Å². The number of hydrogen-bond acceptors (Lipinski definition) is 3. The molecule has 0 saturated heterocycles. The molecule has 0 radical (unpaired) electrons. The Labute approximate surface area is 84.5 Å². The molecule has 2 nitrogen and oxygen atoms in total. The maximum atomic E-state index is 5.82. The molecule has 66 valence electrons. The molecule has 1 atom stereocenters. The van der Waals surface area contributed by atoms with Crippen molar-refractivity contribution in [2.45, 2.75) is 6.42 Å². The SMILES string of the molecule is Clc1nccc2c1CCN2.PS. The summed E-state index contributed by atoms with van der Waals surface area (Å²) < 4.78 is 0. The molecule has 0 aromatic carbocycles. The van der Waals surface area contributed by atoms with Gasteiger partial charge in [0.2, 0.25) is 0 Å². The lowest BCUT2D eigenvalue weighted by Gasteiger charge is -1.97. The molecule has 12 heavy (non-hydrogen) atoms. The quantitative estimate of drug-likeness (QED) is 0.399. The topological polar surface area (TPSA) is 24.9 Å². The zero-order valence-corrected chi connectivity index (χ0v) is 9.22. The highest BCUT2D eigenvalue weighted by Gasteiger charge is 2.12. The van der Waals surface area contributed by atoms with Crippen LogP contribution >= 0.6 is 32.3 Å². The molecule has 1 aliphatic rings. The maximum absolute atomic E-state index is 5.82. The Balaban J connectivity index is 0.000000336. The van der Waals surface area contributed by atoms with Crippen LogP contribution in [0, 0.1) is 0 Å². The van der Waals surface area contributed by atoms with E-state index in [0.717, 1.165) is 24.2 Å². The Kier molecular flexibility index (Phi) is 4.13. The highest BCUT2D eigenvalue weighted by Crippen LogP contribution is 2.26. The third kappa shape index (κ3) is 2.03. The summed E-state index contributed by atoms with van der Waals surface area (Å²) in [6, 6.07) is 1.95. The van der Waals surface area contributed by atoms with E-state index < -0.39 is 0 Å². The molecule has 1 N–H and O–H groups in total. The Morgan fingerprint density at radius 3 is 3.00 bits per heavy atom. The van der Waals surface area contributed by atoms with Crippen LogP contribution in [0.4, 0.5) is 5.69 Å². The predicted octanol–water partition coefficient (Wildman–Crippen LogP) is 2.41.